The molecule has 2 rings (SSSR count). The lowest BCUT2D eigenvalue weighted by Gasteiger charge is -2.05. The summed E-state index contributed by atoms with van der Waals surface area (Å²) in [7, 11) is 1.61. The molecular weight excluding hydrogens is 366 g/mol. The van der Waals surface area contributed by atoms with Crippen molar-refractivity contribution in [2.75, 3.05) is 12.4 Å². The van der Waals surface area contributed by atoms with Crippen molar-refractivity contribution in [3.05, 3.63) is 63.1 Å². The fourth-order valence-corrected chi connectivity index (χ4v) is 2.55. The number of rotatable bonds is 4. The minimum absolute atomic E-state index is 0.216. The van der Waals surface area contributed by atoms with Gasteiger partial charge in [-0.3, -0.25) is 4.79 Å². The molecule has 0 aromatic heterocycles. The molecule has 2 aromatic carbocycles. The van der Waals surface area contributed by atoms with Crippen molar-refractivity contribution >= 4 is 45.2 Å². The van der Waals surface area contributed by atoms with E-state index in [2.05, 4.69) is 21.2 Å². The van der Waals surface area contributed by atoms with Crippen molar-refractivity contribution in [1.29, 1.82) is 0 Å². The summed E-state index contributed by atoms with van der Waals surface area (Å²) < 4.78 is 6.00. The van der Waals surface area contributed by atoms with Gasteiger partial charge in [0.2, 0.25) is 5.91 Å². The molecule has 1 N–H and O–H groups in total. The van der Waals surface area contributed by atoms with E-state index in [0.29, 0.717) is 10.7 Å². The number of carbonyl (C=O) groups excluding carboxylic acids is 1. The highest BCUT2D eigenvalue weighted by Gasteiger charge is 2.02. The number of hydrogen-bond donors (Lipinski definition) is 1. The molecule has 1 amide bonds. The lowest BCUT2D eigenvalue weighted by molar-refractivity contribution is -0.111. The number of halogens is 2. The van der Waals surface area contributed by atoms with Gasteiger partial charge >= 0.3 is 0 Å². The van der Waals surface area contributed by atoms with E-state index in [-0.39, 0.29) is 5.91 Å². The first-order valence-corrected chi connectivity index (χ1v) is 7.75. The van der Waals surface area contributed by atoms with Crippen molar-refractivity contribution < 1.29 is 9.53 Å². The average Bonchev–Trinajstić information content (AvgIpc) is 2.49. The molecule has 2 aromatic rings. The highest BCUT2D eigenvalue weighted by Crippen LogP contribution is 2.26. The Hall–Kier alpha value is -1.78. The number of aryl methyl sites for hydroxylation is 1. The number of hydrogen-bond acceptors (Lipinski definition) is 2. The Bertz CT molecular complexity index is 729. The third-order valence-electron chi connectivity index (χ3n) is 3.04. The summed E-state index contributed by atoms with van der Waals surface area (Å²) in [5.41, 5.74) is 2.53. The first-order chi connectivity index (χ1) is 10.5. The highest BCUT2D eigenvalue weighted by atomic mass is 79.9. The lowest BCUT2D eigenvalue weighted by atomic mass is 10.2. The second-order valence-corrected chi connectivity index (χ2v) is 5.94. The van der Waals surface area contributed by atoms with Gasteiger partial charge in [0.25, 0.3) is 0 Å². The van der Waals surface area contributed by atoms with Gasteiger partial charge in [-0.15, -0.1) is 0 Å². The summed E-state index contributed by atoms with van der Waals surface area (Å²) >= 11 is 9.44. The number of methoxy groups -OCH3 is 1. The van der Waals surface area contributed by atoms with Crippen LogP contribution in [0.4, 0.5) is 5.69 Å². The smallest absolute Gasteiger partial charge is 0.248 e. The van der Waals surface area contributed by atoms with Gasteiger partial charge in [-0.1, -0.05) is 23.7 Å². The van der Waals surface area contributed by atoms with E-state index < -0.39 is 0 Å². The molecule has 0 saturated carbocycles. The fraction of sp³-hybridized carbons (Fsp3) is 0.118. The first kappa shape index (κ1) is 16.6. The molecule has 0 bridgehead atoms. The molecule has 0 aliphatic rings. The summed E-state index contributed by atoms with van der Waals surface area (Å²) in [6.07, 6.45) is 3.21. The maximum absolute atomic E-state index is 11.9. The standard InChI is InChI=1S/C17H15BrClNO2/c1-11-3-6-13(10-15(11)19)20-17(21)8-5-12-4-7-16(22-2)14(18)9-12/h3-10H,1-2H3,(H,20,21)/b8-5+. The topological polar surface area (TPSA) is 38.3 Å². The molecule has 0 unspecified atom stereocenters. The molecule has 114 valence electrons. The van der Waals surface area contributed by atoms with Gasteiger partial charge < -0.3 is 10.1 Å². The second kappa shape index (κ2) is 7.47. The van der Waals surface area contributed by atoms with E-state index >= 15 is 0 Å². The fourth-order valence-electron chi connectivity index (χ4n) is 1.81. The summed E-state index contributed by atoms with van der Waals surface area (Å²) in [4.78, 5) is 11.9. The second-order valence-electron chi connectivity index (χ2n) is 4.68. The Morgan fingerprint density at radius 3 is 2.68 bits per heavy atom. The minimum Gasteiger partial charge on any atom is -0.496 e. The van der Waals surface area contributed by atoms with Crippen LogP contribution in [0.5, 0.6) is 5.75 Å². The van der Waals surface area contributed by atoms with Crippen LogP contribution in [0.2, 0.25) is 5.02 Å². The van der Waals surface area contributed by atoms with Crippen LogP contribution in [0.25, 0.3) is 6.08 Å². The number of nitrogens with one attached hydrogen (secondary N) is 1. The largest absolute Gasteiger partial charge is 0.496 e. The summed E-state index contributed by atoms with van der Waals surface area (Å²) in [6.45, 7) is 1.91. The molecule has 22 heavy (non-hydrogen) atoms. The van der Waals surface area contributed by atoms with Crippen molar-refractivity contribution in [2.24, 2.45) is 0 Å². The summed E-state index contributed by atoms with van der Waals surface area (Å²) in [6, 6.07) is 11.0. The lowest BCUT2D eigenvalue weighted by Crippen LogP contribution is -2.07. The van der Waals surface area contributed by atoms with E-state index in [1.807, 2.05) is 37.3 Å². The Kier molecular flexibility index (Phi) is 5.63. The number of carbonyl (C=O) groups is 1. The van der Waals surface area contributed by atoms with Crippen LogP contribution in [-0.2, 0) is 4.79 Å². The van der Waals surface area contributed by atoms with E-state index in [1.54, 1.807) is 19.3 Å². The third kappa shape index (κ3) is 4.36. The minimum atomic E-state index is -0.216. The molecule has 0 saturated heterocycles. The number of anilines is 1. The summed E-state index contributed by atoms with van der Waals surface area (Å²) in [5.74, 6) is 0.530. The van der Waals surface area contributed by atoms with Crippen molar-refractivity contribution in [1.82, 2.24) is 0 Å². The van der Waals surface area contributed by atoms with Gasteiger partial charge in [0, 0.05) is 16.8 Å². The molecule has 0 atom stereocenters. The number of ether oxygens (including phenoxy) is 1. The Morgan fingerprint density at radius 1 is 1.27 bits per heavy atom. The summed E-state index contributed by atoms with van der Waals surface area (Å²) in [5, 5.41) is 3.40. The van der Waals surface area contributed by atoms with Gasteiger partial charge in [0.15, 0.2) is 0 Å². The van der Waals surface area contributed by atoms with Crippen LogP contribution in [0.3, 0.4) is 0 Å². The predicted molar refractivity (Wildman–Crippen MR) is 94.5 cm³/mol. The molecule has 0 radical (unpaired) electrons. The molecule has 0 heterocycles. The van der Waals surface area contributed by atoms with Crippen molar-refractivity contribution in [2.45, 2.75) is 6.92 Å². The maximum atomic E-state index is 11.9. The molecule has 0 fully saturated rings. The van der Waals surface area contributed by atoms with Gasteiger partial charge in [0.1, 0.15) is 5.75 Å². The van der Waals surface area contributed by atoms with Crippen LogP contribution in [0, 0.1) is 6.92 Å². The molecule has 0 aliphatic carbocycles. The van der Waals surface area contributed by atoms with Gasteiger partial charge in [-0.05, 0) is 64.3 Å². The van der Waals surface area contributed by atoms with E-state index in [1.165, 1.54) is 6.08 Å². The van der Waals surface area contributed by atoms with Crippen LogP contribution < -0.4 is 10.1 Å². The zero-order chi connectivity index (χ0) is 16.1. The van der Waals surface area contributed by atoms with Crippen molar-refractivity contribution in [3.8, 4) is 5.75 Å². The molecule has 5 heteroatoms. The SMILES string of the molecule is COc1ccc(/C=C/C(=O)Nc2ccc(C)c(Cl)c2)cc1Br. The Labute approximate surface area is 143 Å². The van der Waals surface area contributed by atoms with Crippen LogP contribution in [0.15, 0.2) is 46.9 Å². The van der Waals surface area contributed by atoms with Gasteiger partial charge in [0.05, 0.1) is 11.6 Å². The molecule has 3 nitrogen and oxygen atoms in total. The molecule has 0 aliphatic heterocycles. The first-order valence-electron chi connectivity index (χ1n) is 6.58. The number of amides is 1. The average molecular weight is 381 g/mol. The van der Waals surface area contributed by atoms with Crippen LogP contribution >= 0.6 is 27.5 Å². The third-order valence-corrected chi connectivity index (χ3v) is 4.07. The molecule has 0 spiro atoms. The van der Waals surface area contributed by atoms with E-state index in [0.717, 1.165) is 21.3 Å². The quantitative estimate of drug-likeness (QED) is 0.752. The highest BCUT2D eigenvalue weighted by molar-refractivity contribution is 9.10. The normalized spacial score (nSPS) is 10.7. The Balaban J connectivity index is 2.04. The van der Waals surface area contributed by atoms with Crippen molar-refractivity contribution in [3.63, 3.8) is 0 Å². The van der Waals surface area contributed by atoms with Gasteiger partial charge in [-0.25, -0.2) is 0 Å². The monoisotopic (exact) mass is 379 g/mol. The Morgan fingerprint density at radius 2 is 2.05 bits per heavy atom. The van der Waals surface area contributed by atoms with Crippen LogP contribution in [-0.4, -0.2) is 13.0 Å². The van der Waals surface area contributed by atoms with Gasteiger partial charge in [-0.2, -0.15) is 0 Å². The zero-order valence-corrected chi connectivity index (χ0v) is 14.5. The molecular formula is C17H15BrClNO2. The predicted octanol–water partition coefficient (Wildman–Crippen LogP) is 5.07. The zero-order valence-electron chi connectivity index (χ0n) is 12.2. The van der Waals surface area contributed by atoms with Crippen LogP contribution in [0.1, 0.15) is 11.1 Å². The maximum Gasteiger partial charge on any atom is 0.248 e. The van der Waals surface area contributed by atoms with E-state index in [9.17, 15) is 4.79 Å². The van der Waals surface area contributed by atoms with E-state index in [4.69, 9.17) is 16.3 Å². The number of benzene rings is 2.